The highest BCUT2D eigenvalue weighted by molar-refractivity contribution is 8.01. The molecule has 14 aromatic rings. The number of para-hydroxylation sites is 5. The highest BCUT2D eigenvalue weighted by Crippen LogP contribution is 2.51. The Kier molecular flexibility index (Phi) is 11.3. The molecule has 0 saturated heterocycles. The minimum absolute atomic E-state index is 0.0224. The van der Waals surface area contributed by atoms with Gasteiger partial charge in [-0.05, 0) is 169 Å². The van der Waals surface area contributed by atoms with Crippen LogP contribution < -0.4 is 52.4 Å². The fourth-order valence-corrected chi connectivity index (χ4v) is 16.8. The lowest BCUT2D eigenvalue weighted by atomic mass is 9.31. The molecular formula is C78H50B2N4S2. The van der Waals surface area contributed by atoms with Crippen LogP contribution in [0.1, 0.15) is 0 Å². The molecule has 0 radical (unpaired) electrons. The molecule has 0 unspecified atom stereocenters. The topological polar surface area (TPSA) is 13.0 Å². The summed E-state index contributed by atoms with van der Waals surface area (Å²) in [6.07, 6.45) is 0. The van der Waals surface area contributed by atoms with Gasteiger partial charge in [-0.1, -0.05) is 223 Å². The monoisotopic (exact) mass is 1130 g/mol. The minimum atomic E-state index is -0.139. The Bertz CT molecular complexity index is 4970. The van der Waals surface area contributed by atoms with Crippen LogP contribution in [-0.4, -0.2) is 13.4 Å². The maximum absolute atomic E-state index is 2.66. The van der Waals surface area contributed by atoms with Gasteiger partial charge in [0.1, 0.15) is 0 Å². The van der Waals surface area contributed by atoms with E-state index >= 15 is 0 Å². The second-order valence-corrected chi connectivity index (χ2v) is 25.0. The molecule has 86 heavy (non-hydrogen) atoms. The third-order valence-corrected chi connectivity index (χ3v) is 20.2. The molecule has 0 saturated carbocycles. The van der Waals surface area contributed by atoms with Gasteiger partial charge in [-0.2, -0.15) is 0 Å². The van der Waals surface area contributed by atoms with Gasteiger partial charge in [0.25, 0.3) is 6.71 Å². The van der Waals surface area contributed by atoms with Crippen LogP contribution in [0.15, 0.2) is 323 Å². The van der Waals surface area contributed by atoms with Crippen LogP contribution >= 0.6 is 23.5 Å². The molecule has 8 heteroatoms. The van der Waals surface area contributed by atoms with E-state index in [9.17, 15) is 0 Å². The number of anilines is 12. The molecule has 4 aliphatic rings. The van der Waals surface area contributed by atoms with Crippen molar-refractivity contribution in [2.45, 2.75) is 19.6 Å². The van der Waals surface area contributed by atoms with E-state index in [2.05, 4.69) is 323 Å². The molecule has 0 aliphatic carbocycles. The second-order valence-electron chi connectivity index (χ2n) is 22.8. The van der Waals surface area contributed by atoms with Crippen LogP contribution in [0.2, 0.25) is 0 Å². The first kappa shape index (κ1) is 49.3. The van der Waals surface area contributed by atoms with E-state index in [1.807, 2.05) is 23.5 Å². The molecule has 0 fully saturated rings. The Morgan fingerprint density at radius 3 is 1.16 bits per heavy atom. The molecule has 0 spiro atoms. The van der Waals surface area contributed by atoms with Gasteiger partial charge in [0.15, 0.2) is 0 Å². The van der Waals surface area contributed by atoms with Gasteiger partial charge in [-0.25, -0.2) is 0 Å². The zero-order valence-corrected chi connectivity index (χ0v) is 48.3. The lowest BCUT2D eigenvalue weighted by Crippen LogP contribution is -2.64. The molecule has 4 nitrogen and oxygen atoms in total. The third kappa shape index (κ3) is 7.83. The van der Waals surface area contributed by atoms with Crippen molar-refractivity contribution in [3.05, 3.63) is 303 Å². The number of rotatable bonds is 8. The predicted octanol–water partition coefficient (Wildman–Crippen LogP) is 17.6. The Balaban J connectivity index is 0.939. The summed E-state index contributed by atoms with van der Waals surface area (Å²) in [4.78, 5) is 15.2. The van der Waals surface area contributed by atoms with Crippen LogP contribution in [0, 0.1) is 0 Å². The van der Waals surface area contributed by atoms with Crippen molar-refractivity contribution in [3.63, 3.8) is 0 Å². The van der Waals surface area contributed by atoms with Gasteiger partial charge in [0.05, 0.1) is 5.69 Å². The molecular weight excluding hydrogens is 1080 g/mol. The summed E-state index contributed by atoms with van der Waals surface area (Å²) in [6.45, 7) is -0.161. The molecule has 18 rings (SSSR count). The van der Waals surface area contributed by atoms with Crippen molar-refractivity contribution in [2.75, 3.05) is 19.6 Å². The summed E-state index contributed by atoms with van der Waals surface area (Å²) in [5.41, 5.74) is 21.5. The third-order valence-electron chi connectivity index (χ3n) is 17.9. The standard InChI is InChI=1S/C78H50B2N4S2/c1-6-28-57(29-7-1)81(58-30-8-2-9-31-58)63-45-71-77-72(46-63)84(62-39-38-51-22-16-17-23-52(51)40-62)69-43-55-26-20-18-24-53(55)41-65(69)79(77)66-49-68-74(50-70(66)83(71)61-36-14-5-15-37-61)86-76-48-64(82(59-32-10-3-11-33-59)60-34-12-4-13-35-60)47-75-78(76)80(68)67-42-54-25-19-21-27-56(54)44-73(67)85-75/h1-50H. The number of benzene rings is 14. The van der Waals surface area contributed by atoms with Crippen molar-refractivity contribution in [3.8, 4) is 0 Å². The lowest BCUT2D eigenvalue weighted by Gasteiger charge is -2.46. The number of hydrogen-bond acceptors (Lipinski definition) is 6. The normalized spacial score (nSPS) is 13.2. The van der Waals surface area contributed by atoms with Crippen LogP contribution in [0.4, 0.5) is 68.2 Å². The first-order valence-electron chi connectivity index (χ1n) is 29.5. The smallest absolute Gasteiger partial charge is 0.252 e. The van der Waals surface area contributed by atoms with Crippen molar-refractivity contribution < 1.29 is 0 Å². The Labute approximate surface area is 509 Å². The van der Waals surface area contributed by atoms with Crippen molar-refractivity contribution >= 4 is 170 Å². The van der Waals surface area contributed by atoms with E-state index < -0.39 is 0 Å². The minimum Gasteiger partial charge on any atom is -0.311 e. The second kappa shape index (κ2) is 19.7. The zero-order chi connectivity index (χ0) is 56.4. The highest BCUT2D eigenvalue weighted by atomic mass is 32.2. The largest absolute Gasteiger partial charge is 0.311 e. The predicted molar refractivity (Wildman–Crippen MR) is 368 cm³/mol. The average Bonchev–Trinajstić information content (AvgIpc) is 0.782. The van der Waals surface area contributed by atoms with Gasteiger partial charge in [-0.3, -0.25) is 0 Å². The number of fused-ring (bicyclic) bond motifs is 11. The van der Waals surface area contributed by atoms with Crippen molar-refractivity contribution in [1.29, 1.82) is 0 Å². The summed E-state index contributed by atoms with van der Waals surface area (Å²) < 4.78 is 0. The Morgan fingerprint density at radius 1 is 0.233 bits per heavy atom. The summed E-state index contributed by atoms with van der Waals surface area (Å²) >= 11 is 3.86. The summed E-state index contributed by atoms with van der Waals surface area (Å²) in [7, 11) is 0. The van der Waals surface area contributed by atoms with Gasteiger partial charge in [0.2, 0.25) is 6.71 Å². The van der Waals surface area contributed by atoms with Crippen LogP contribution in [0.3, 0.4) is 0 Å². The van der Waals surface area contributed by atoms with Crippen molar-refractivity contribution in [1.82, 2.24) is 0 Å². The molecule has 4 aliphatic heterocycles. The SMILES string of the molecule is c1ccc(N(c2ccccc2)c2cc3c4c(c2)Sc2cc5ccccc5cc2B4c2cc4c(cc2S3)N(c2ccccc2)c2cc(N(c3ccccc3)c3ccccc3)cc3c2B4c2cc4ccccc4cc2N3c2ccc3ccccc3c2)cc1. The van der Waals surface area contributed by atoms with E-state index in [0.717, 1.165) is 56.9 Å². The Morgan fingerprint density at radius 2 is 0.616 bits per heavy atom. The molecule has 0 N–H and O–H groups in total. The van der Waals surface area contributed by atoms with Crippen LogP contribution in [0.5, 0.6) is 0 Å². The van der Waals surface area contributed by atoms with E-state index in [1.165, 1.54) is 96.1 Å². The molecule has 0 atom stereocenters. The van der Waals surface area contributed by atoms with E-state index in [4.69, 9.17) is 0 Å². The highest BCUT2D eigenvalue weighted by Gasteiger charge is 2.47. The van der Waals surface area contributed by atoms with Gasteiger partial charge in [-0.15, -0.1) is 0 Å². The molecule has 0 aromatic heterocycles. The Hall–Kier alpha value is -10.1. The van der Waals surface area contributed by atoms with Crippen molar-refractivity contribution in [2.24, 2.45) is 0 Å². The number of nitrogens with zero attached hydrogens (tertiary/aromatic N) is 4. The van der Waals surface area contributed by atoms with Gasteiger partial charge >= 0.3 is 0 Å². The van der Waals surface area contributed by atoms with E-state index in [-0.39, 0.29) is 13.4 Å². The van der Waals surface area contributed by atoms with Gasteiger partial charge in [0, 0.05) is 82.1 Å². The molecule has 0 bridgehead atoms. The lowest BCUT2D eigenvalue weighted by molar-refractivity contribution is 1.22. The molecule has 4 heterocycles. The fourth-order valence-electron chi connectivity index (χ4n) is 14.2. The van der Waals surface area contributed by atoms with E-state index in [0.29, 0.717) is 0 Å². The molecule has 400 valence electrons. The maximum atomic E-state index is 2.66. The summed E-state index contributed by atoms with van der Waals surface area (Å²) in [5.74, 6) is 0. The number of hydrogen-bond donors (Lipinski definition) is 0. The van der Waals surface area contributed by atoms with Crippen LogP contribution in [0.25, 0.3) is 32.3 Å². The van der Waals surface area contributed by atoms with Crippen LogP contribution in [-0.2, 0) is 0 Å². The molecule has 0 amide bonds. The average molecular weight is 1130 g/mol. The summed E-state index contributed by atoms with van der Waals surface area (Å²) in [5, 5.41) is 7.37. The first-order chi connectivity index (χ1) is 42.6. The van der Waals surface area contributed by atoms with E-state index in [1.54, 1.807) is 0 Å². The first-order valence-corrected chi connectivity index (χ1v) is 31.2. The van der Waals surface area contributed by atoms with Gasteiger partial charge < -0.3 is 19.6 Å². The maximum Gasteiger partial charge on any atom is 0.252 e. The zero-order valence-electron chi connectivity index (χ0n) is 46.6. The summed E-state index contributed by atoms with van der Waals surface area (Å²) in [6, 6.07) is 113. The molecule has 14 aromatic carbocycles. The fraction of sp³-hybridized carbons (Fsp3) is 0. The quantitative estimate of drug-likeness (QED) is 0.140.